The molecule has 5 N–H and O–H groups in total. The molecule has 0 spiro atoms. The summed E-state index contributed by atoms with van der Waals surface area (Å²) < 4.78 is 0.460. The number of phenolic OH excluding ortho intramolecular Hbond substituents is 2. The van der Waals surface area contributed by atoms with E-state index in [1.54, 1.807) is 18.2 Å². The lowest BCUT2D eigenvalue weighted by Gasteiger charge is -2.05. The van der Waals surface area contributed by atoms with Crippen LogP contribution in [0.25, 0.3) is 11.0 Å². The molecule has 0 saturated carbocycles. The summed E-state index contributed by atoms with van der Waals surface area (Å²) in [6.07, 6.45) is 1.16. The fourth-order valence-corrected chi connectivity index (χ4v) is 2.81. The van der Waals surface area contributed by atoms with Gasteiger partial charge in [0.2, 0.25) is 0 Å². The maximum Gasteiger partial charge on any atom is 0.271 e. The highest BCUT2D eigenvalue weighted by Crippen LogP contribution is 2.40. The number of amides is 1. The number of benzene rings is 2. The Morgan fingerprint density at radius 3 is 2.64 bits per heavy atom. The van der Waals surface area contributed by atoms with Crippen LogP contribution in [0.15, 0.2) is 29.4 Å². The Morgan fingerprint density at radius 1 is 1.16 bits per heavy atom. The second kappa shape index (κ2) is 6.75. The largest absolute Gasteiger partial charge is 0.506 e. The van der Waals surface area contributed by atoms with Gasteiger partial charge in [-0.3, -0.25) is 4.79 Å². The topological polar surface area (TPSA) is 114 Å². The number of hydrogen-bond acceptors (Lipinski definition) is 5. The number of aromatic amines is 2. The molecule has 0 aliphatic rings. The van der Waals surface area contributed by atoms with E-state index >= 15 is 0 Å². The summed E-state index contributed by atoms with van der Waals surface area (Å²) in [6, 6.07) is 6.21. The Kier molecular flexibility index (Phi) is 4.67. The van der Waals surface area contributed by atoms with Crippen LogP contribution < -0.4 is 5.43 Å². The van der Waals surface area contributed by atoms with E-state index in [4.69, 9.17) is 35.4 Å². The zero-order valence-electron chi connectivity index (χ0n) is 12.3. The molecule has 25 heavy (non-hydrogen) atoms. The predicted molar refractivity (Wildman–Crippen MR) is 98.3 cm³/mol. The van der Waals surface area contributed by atoms with Gasteiger partial charge in [0.1, 0.15) is 10.8 Å². The van der Waals surface area contributed by atoms with Gasteiger partial charge in [-0.1, -0.05) is 23.2 Å². The zero-order valence-corrected chi connectivity index (χ0v) is 14.6. The summed E-state index contributed by atoms with van der Waals surface area (Å²) in [6.45, 7) is 0. The molecule has 0 aliphatic carbocycles. The molecule has 3 aromatic rings. The first-order chi connectivity index (χ1) is 11.9. The average Bonchev–Trinajstić information content (AvgIpc) is 2.96. The van der Waals surface area contributed by atoms with Crippen molar-refractivity contribution in [3.05, 3.63) is 50.2 Å². The van der Waals surface area contributed by atoms with Crippen LogP contribution in [0, 0.1) is 4.77 Å². The third kappa shape index (κ3) is 3.46. The van der Waals surface area contributed by atoms with Crippen LogP contribution in [0.5, 0.6) is 11.5 Å². The number of nitrogens with one attached hydrogen (secondary N) is 3. The molecule has 7 nitrogen and oxygen atoms in total. The summed E-state index contributed by atoms with van der Waals surface area (Å²) in [5.74, 6) is -1.30. The Balaban J connectivity index is 1.79. The van der Waals surface area contributed by atoms with Crippen molar-refractivity contribution >= 4 is 58.6 Å². The number of carbonyl (C=O) groups is 1. The molecule has 0 aliphatic heterocycles. The molecule has 0 unspecified atom stereocenters. The van der Waals surface area contributed by atoms with Gasteiger partial charge in [0.25, 0.3) is 5.91 Å². The quantitative estimate of drug-likeness (QED) is 0.263. The predicted octanol–water partition coefficient (Wildman–Crippen LogP) is 3.71. The summed E-state index contributed by atoms with van der Waals surface area (Å²) in [4.78, 5) is 18.0. The number of halogens is 2. The van der Waals surface area contributed by atoms with E-state index in [9.17, 15) is 15.0 Å². The number of nitrogens with zero attached hydrogens (tertiary/aromatic N) is 1. The number of aromatic hydroxyl groups is 2. The SMILES string of the molecule is O=C(N/N=C\c1cc(Cl)c(O)c(Cl)c1O)c1ccc2[nH]c(=S)[nH]c2c1. The first-order valence-corrected chi connectivity index (χ1v) is 7.98. The number of imidazole rings is 1. The molecule has 0 saturated heterocycles. The Labute approximate surface area is 155 Å². The number of fused-ring (bicyclic) bond motifs is 1. The molecule has 3 rings (SSSR count). The van der Waals surface area contributed by atoms with Crippen LogP contribution >= 0.6 is 35.4 Å². The summed E-state index contributed by atoms with van der Waals surface area (Å²) >= 11 is 16.5. The smallest absolute Gasteiger partial charge is 0.271 e. The average molecular weight is 397 g/mol. The third-order valence-corrected chi connectivity index (χ3v) is 4.20. The number of hydrogen-bond donors (Lipinski definition) is 5. The van der Waals surface area contributed by atoms with E-state index in [2.05, 4.69) is 20.5 Å². The highest BCUT2D eigenvalue weighted by molar-refractivity contribution is 7.71. The van der Waals surface area contributed by atoms with Crippen molar-refractivity contribution in [2.75, 3.05) is 0 Å². The second-order valence-corrected chi connectivity index (χ2v) is 6.19. The highest BCUT2D eigenvalue weighted by Gasteiger charge is 2.13. The van der Waals surface area contributed by atoms with Crippen molar-refractivity contribution in [3.63, 3.8) is 0 Å². The fraction of sp³-hybridized carbons (Fsp3) is 0. The lowest BCUT2D eigenvalue weighted by molar-refractivity contribution is 0.0955. The van der Waals surface area contributed by atoms with Crippen LogP contribution in [-0.2, 0) is 0 Å². The summed E-state index contributed by atoms with van der Waals surface area (Å²) in [5.41, 5.74) is 4.29. The first-order valence-electron chi connectivity index (χ1n) is 6.82. The number of phenols is 2. The van der Waals surface area contributed by atoms with Crippen molar-refractivity contribution in [3.8, 4) is 11.5 Å². The highest BCUT2D eigenvalue weighted by atomic mass is 35.5. The van der Waals surface area contributed by atoms with Gasteiger partial charge in [0.05, 0.1) is 22.3 Å². The van der Waals surface area contributed by atoms with Crippen LogP contribution in [0.1, 0.15) is 15.9 Å². The minimum Gasteiger partial charge on any atom is -0.506 e. The van der Waals surface area contributed by atoms with Crippen LogP contribution in [0.2, 0.25) is 10.0 Å². The van der Waals surface area contributed by atoms with E-state index in [0.717, 1.165) is 11.7 Å². The molecule has 1 heterocycles. The van der Waals surface area contributed by atoms with Gasteiger partial charge in [-0.25, -0.2) is 5.43 Å². The maximum atomic E-state index is 12.1. The molecule has 1 amide bonds. The van der Waals surface area contributed by atoms with Crippen molar-refractivity contribution in [1.29, 1.82) is 0 Å². The zero-order chi connectivity index (χ0) is 18.1. The number of rotatable bonds is 3. The van der Waals surface area contributed by atoms with E-state index in [0.29, 0.717) is 15.9 Å². The number of H-pyrrole nitrogens is 2. The number of aromatic nitrogens is 2. The third-order valence-electron chi connectivity index (χ3n) is 3.35. The standard InChI is InChI=1S/C15H10Cl2N4O3S/c16-8-3-7(12(22)11(17)13(8)23)5-18-21-14(24)6-1-2-9-10(4-6)20-15(25)19-9/h1-5,22-23H,(H,21,24)(H2,19,20,25)/b18-5-. The maximum absolute atomic E-state index is 12.1. The van der Waals surface area contributed by atoms with Gasteiger partial charge < -0.3 is 20.2 Å². The molecule has 0 fully saturated rings. The molecule has 2 aromatic carbocycles. The van der Waals surface area contributed by atoms with E-state index in [1.165, 1.54) is 6.07 Å². The Morgan fingerprint density at radius 2 is 1.88 bits per heavy atom. The van der Waals surface area contributed by atoms with Gasteiger partial charge >= 0.3 is 0 Å². The molecule has 10 heteroatoms. The van der Waals surface area contributed by atoms with Crippen molar-refractivity contribution < 1.29 is 15.0 Å². The molecule has 128 valence electrons. The van der Waals surface area contributed by atoms with Gasteiger partial charge in [-0.2, -0.15) is 5.10 Å². The molecule has 0 radical (unpaired) electrons. The van der Waals surface area contributed by atoms with E-state index < -0.39 is 17.4 Å². The Hall–Kier alpha value is -2.55. The van der Waals surface area contributed by atoms with E-state index in [1.807, 2.05) is 0 Å². The molecular weight excluding hydrogens is 387 g/mol. The number of carbonyl (C=O) groups excluding carboxylic acids is 1. The van der Waals surface area contributed by atoms with Gasteiger partial charge in [-0.05, 0) is 36.5 Å². The van der Waals surface area contributed by atoms with Crippen LogP contribution in [-0.4, -0.2) is 32.3 Å². The van der Waals surface area contributed by atoms with Gasteiger partial charge in [0.15, 0.2) is 10.5 Å². The molecule has 0 atom stereocenters. The summed E-state index contributed by atoms with van der Waals surface area (Å²) in [5, 5.41) is 22.7. The number of hydrazone groups is 1. The lowest BCUT2D eigenvalue weighted by Crippen LogP contribution is -2.17. The van der Waals surface area contributed by atoms with Crippen LogP contribution in [0.4, 0.5) is 0 Å². The van der Waals surface area contributed by atoms with Crippen LogP contribution in [0.3, 0.4) is 0 Å². The minimum absolute atomic E-state index is 0.0521. The first kappa shape index (κ1) is 17.3. The lowest BCUT2D eigenvalue weighted by atomic mass is 10.2. The van der Waals surface area contributed by atoms with Crippen molar-refractivity contribution in [2.45, 2.75) is 0 Å². The van der Waals surface area contributed by atoms with Crippen molar-refractivity contribution in [1.82, 2.24) is 15.4 Å². The van der Waals surface area contributed by atoms with Gasteiger partial charge in [0, 0.05) is 11.1 Å². The monoisotopic (exact) mass is 396 g/mol. The Bertz CT molecular complexity index is 1070. The van der Waals surface area contributed by atoms with Crippen molar-refractivity contribution in [2.24, 2.45) is 5.10 Å². The summed E-state index contributed by atoms with van der Waals surface area (Å²) in [7, 11) is 0. The van der Waals surface area contributed by atoms with E-state index in [-0.39, 0.29) is 15.6 Å². The molecule has 0 bridgehead atoms. The fourth-order valence-electron chi connectivity index (χ4n) is 2.11. The second-order valence-electron chi connectivity index (χ2n) is 5.00. The normalized spacial score (nSPS) is 11.3. The molecular formula is C15H10Cl2N4O3S. The van der Waals surface area contributed by atoms with Gasteiger partial charge in [-0.15, -0.1) is 0 Å². The minimum atomic E-state index is -0.464. The molecule has 1 aromatic heterocycles.